The van der Waals surface area contributed by atoms with Crippen LogP contribution in [0.5, 0.6) is 0 Å². The van der Waals surface area contributed by atoms with Crippen molar-refractivity contribution in [3.8, 4) is 0 Å². The molecule has 2 saturated heterocycles. The molecule has 0 bridgehead atoms. The lowest BCUT2D eigenvalue weighted by molar-refractivity contribution is -0.152. The van der Waals surface area contributed by atoms with Crippen molar-refractivity contribution in [1.82, 2.24) is 9.80 Å². The second-order valence-electron chi connectivity index (χ2n) is 5.73. The van der Waals surface area contributed by atoms with E-state index in [1.54, 1.807) is 17.0 Å². The third kappa shape index (κ3) is 2.55. The van der Waals surface area contributed by atoms with Crippen molar-refractivity contribution < 1.29 is 14.4 Å². The number of fused-ring (bicyclic) bond motifs is 1. The number of aryl methyl sites for hydroxylation is 1. The summed E-state index contributed by atoms with van der Waals surface area (Å²) in [5.41, 5.74) is 1.59. The largest absolute Gasteiger partial charge is 0.329 e. The Morgan fingerprint density at radius 2 is 2.14 bits per heavy atom. The van der Waals surface area contributed by atoms with Gasteiger partial charge in [0.05, 0.1) is 6.54 Å². The molecule has 1 aromatic carbocycles. The van der Waals surface area contributed by atoms with Crippen LogP contribution in [-0.2, 0) is 9.59 Å². The fourth-order valence-corrected chi connectivity index (χ4v) is 3.08. The zero-order valence-corrected chi connectivity index (χ0v) is 12.0. The summed E-state index contributed by atoms with van der Waals surface area (Å²) >= 11 is 0. The zero-order valence-electron chi connectivity index (χ0n) is 12.0. The molecule has 5 heteroatoms. The van der Waals surface area contributed by atoms with Crippen molar-refractivity contribution in [2.24, 2.45) is 0 Å². The number of piperazine rings is 1. The van der Waals surface area contributed by atoms with Gasteiger partial charge in [-0.25, -0.2) is 0 Å². The van der Waals surface area contributed by atoms with Crippen LogP contribution in [0.2, 0.25) is 0 Å². The average Bonchev–Trinajstić information content (AvgIpc) is 2.94. The molecule has 0 radical (unpaired) electrons. The molecule has 1 unspecified atom stereocenters. The maximum Gasteiger partial charge on any atom is 0.246 e. The summed E-state index contributed by atoms with van der Waals surface area (Å²) < 4.78 is 0. The van der Waals surface area contributed by atoms with Crippen LogP contribution < -0.4 is 0 Å². The van der Waals surface area contributed by atoms with Crippen molar-refractivity contribution in [3.63, 3.8) is 0 Å². The van der Waals surface area contributed by atoms with E-state index in [-0.39, 0.29) is 36.7 Å². The van der Waals surface area contributed by atoms with E-state index in [1.807, 2.05) is 19.1 Å². The summed E-state index contributed by atoms with van der Waals surface area (Å²) in [6.07, 6.45) is 1.57. The average molecular weight is 286 g/mol. The highest BCUT2D eigenvalue weighted by Crippen LogP contribution is 2.23. The van der Waals surface area contributed by atoms with Gasteiger partial charge in [0.1, 0.15) is 12.6 Å². The van der Waals surface area contributed by atoms with Crippen molar-refractivity contribution in [2.45, 2.75) is 25.8 Å². The van der Waals surface area contributed by atoms with Crippen LogP contribution in [0.4, 0.5) is 0 Å². The monoisotopic (exact) mass is 286 g/mol. The number of nitrogens with zero attached hydrogens (tertiary/aromatic N) is 2. The van der Waals surface area contributed by atoms with Crippen LogP contribution in [0.3, 0.4) is 0 Å². The van der Waals surface area contributed by atoms with Crippen LogP contribution in [-0.4, -0.2) is 53.1 Å². The van der Waals surface area contributed by atoms with Crippen molar-refractivity contribution in [1.29, 1.82) is 0 Å². The molecule has 21 heavy (non-hydrogen) atoms. The molecule has 2 aliphatic rings. The SMILES string of the molecule is Cc1cccc(C(=O)CN2CC(=O)N3CCCC3C2=O)c1. The van der Waals surface area contributed by atoms with E-state index in [9.17, 15) is 14.4 Å². The molecule has 5 nitrogen and oxygen atoms in total. The Morgan fingerprint density at radius 3 is 2.90 bits per heavy atom. The Kier molecular flexibility index (Phi) is 3.49. The van der Waals surface area contributed by atoms with Crippen molar-refractivity contribution in [2.75, 3.05) is 19.6 Å². The molecular formula is C16H18N2O3. The number of carbonyl (C=O) groups excluding carboxylic acids is 3. The molecule has 1 aromatic rings. The van der Waals surface area contributed by atoms with Crippen LogP contribution in [0.1, 0.15) is 28.8 Å². The number of hydrogen-bond acceptors (Lipinski definition) is 3. The van der Waals surface area contributed by atoms with Gasteiger partial charge in [0.2, 0.25) is 11.8 Å². The van der Waals surface area contributed by atoms with Gasteiger partial charge in [0.25, 0.3) is 0 Å². The Hall–Kier alpha value is -2.17. The first-order chi connectivity index (χ1) is 10.1. The predicted octanol–water partition coefficient (Wildman–Crippen LogP) is 1.01. The number of amides is 2. The Morgan fingerprint density at radius 1 is 1.33 bits per heavy atom. The standard InChI is InChI=1S/C16H18N2O3/c1-11-4-2-5-12(8-11)14(19)9-17-10-15(20)18-7-3-6-13(18)16(17)21/h2,4-5,8,13H,3,6-7,9-10H2,1H3. The first kappa shape index (κ1) is 13.8. The number of ketones is 1. The third-order valence-corrected chi connectivity index (χ3v) is 4.17. The smallest absolute Gasteiger partial charge is 0.246 e. The van der Waals surface area contributed by atoms with Crippen molar-refractivity contribution in [3.05, 3.63) is 35.4 Å². The topological polar surface area (TPSA) is 57.7 Å². The highest BCUT2D eigenvalue weighted by atomic mass is 16.2. The van der Waals surface area contributed by atoms with Gasteiger partial charge in [-0.15, -0.1) is 0 Å². The van der Waals surface area contributed by atoms with Crippen LogP contribution in [0.15, 0.2) is 24.3 Å². The molecule has 0 saturated carbocycles. The maximum absolute atomic E-state index is 12.4. The van der Waals surface area contributed by atoms with Gasteiger partial charge in [-0.3, -0.25) is 14.4 Å². The zero-order chi connectivity index (χ0) is 15.0. The van der Waals surface area contributed by atoms with Gasteiger partial charge < -0.3 is 9.80 Å². The van der Waals surface area contributed by atoms with Crippen LogP contribution in [0, 0.1) is 6.92 Å². The Bertz CT molecular complexity index is 611. The van der Waals surface area contributed by atoms with Gasteiger partial charge in [-0.05, 0) is 25.8 Å². The minimum Gasteiger partial charge on any atom is -0.329 e. The summed E-state index contributed by atoms with van der Waals surface area (Å²) in [4.78, 5) is 39.7. The van der Waals surface area contributed by atoms with E-state index in [1.165, 1.54) is 4.90 Å². The van der Waals surface area contributed by atoms with E-state index in [0.717, 1.165) is 12.0 Å². The quantitative estimate of drug-likeness (QED) is 0.779. The van der Waals surface area contributed by atoms with E-state index in [4.69, 9.17) is 0 Å². The first-order valence-electron chi connectivity index (χ1n) is 7.24. The fourth-order valence-electron chi connectivity index (χ4n) is 3.08. The Labute approximate surface area is 123 Å². The summed E-state index contributed by atoms with van der Waals surface area (Å²) in [6.45, 7) is 2.59. The molecule has 0 N–H and O–H groups in total. The lowest BCUT2D eigenvalue weighted by Gasteiger charge is -2.36. The minimum absolute atomic E-state index is 0.0155. The summed E-state index contributed by atoms with van der Waals surface area (Å²) in [5, 5.41) is 0. The molecule has 0 spiro atoms. The first-order valence-corrected chi connectivity index (χ1v) is 7.24. The number of carbonyl (C=O) groups is 3. The summed E-state index contributed by atoms with van der Waals surface area (Å²) in [6, 6.07) is 6.94. The molecule has 2 heterocycles. The lowest BCUT2D eigenvalue weighted by Crippen LogP contribution is -2.58. The normalized spacial score (nSPS) is 21.7. The Balaban J connectivity index is 1.74. The number of benzene rings is 1. The van der Waals surface area contributed by atoms with E-state index in [0.29, 0.717) is 18.5 Å². The van der Waals surface area contributed by atoms with Crippen LogP contribution >= 0.6 is 0 Å². The molecule has 1 atom stereocenters. The number of rotatable bonds is 3. The van der Waals surface area contributed by atoms with Gasteiger partial charge in [-0.2, -0.15) is 0 Å². The highest BCUT2D eigenvalue weighted by molar-refractivity contribution is 6.02. The molecule has 2 aliphatic heterocycles. The molecular weight excluding hydrogens is 268 g/mol. The molecule has 3 rings (SSSR count). The van der Waals surface area contributed by atoms with E-state index in [2.05, 4.69) is 0 Å². The van der Waals surface area contributed by atoms with E-state index < -0.39 is 0 Å². The molecule has 2 fully saturated rings. The third-order valence-electron chi connectivity index (χ3n) is 4.17. The number of Topliss-reactive ketones (excluding diaryl/α,β-unsaturated/α-hetero) is 1. The molecule has 0 aromatic heterocycles. The van der Waals surface area contributed by atoms with Gasteiger partial charge in [0.15, 0.2) is 5.78 Å². The van der Waals surface area contributed by atoms with Crippen molar-refractivity contribution >= 4 is 17.6 Å². The predicted molar refractivity (Wildman–Crippen MR) is 76.8 cm³/mol. The second-order valence-corrected chi connectivity index (χ2v) is 5.73. The van der Waals surface area contributed by atoms with E-state index >= 15 is 0 Å². The maximum atomic E-state index is 12.4. The highest BCUT2D eigenvalue weighted by Gasteiger charge is 2.42. The molecule has 110 valence electrons. The minimum atomic E-state index is -0.350. The second kappa shape index (κ2) is 5.31. The van der Waals surface area contributed by atoms with Gasteiger partial charge >= 0.3 is 0 Å². The van der Waals surface area contributed by atoms with Crippen LogP contribution in [0.25, 0.3) is 0 Å². The fraction of sp³-hybridized carbons (Fsp3) is 0.438. The van der Waals surface area contributed by atoms with Gasteiger partial charge in [0, 0.05) is 12.1 Å². The molecule has 2 amide bonds. The lowest BCUT2D eigenvalue weighted by atomic mass is 10.1. The summed E-state index contributed by atoms with van der Waals surface area (Å²) in [5.74, 6) is -0.256. The van der Waals surface area contributed by atoms with Gasteiger partial charge in [-0.1, -0.05) is 23.8 Å². The number of hydrogen-bond donors (Lipinski definition) is 0. The molecule has 0 aliphatic carbocycles. The summed E-state index contributed by atoms with van der Waals surface area (Å²) in [7, 11) is 0.